The zero-order valence-corrected chi connectivity index (χ0v) is 15.3. The van der Waals surface area contributed by atoms with Crippen LogP contribution >= 0.6 is 11.3 Å². The zero-order valence-electron chi connectivity index (χ0n) is 13.6. The van der Waals surface area contributed by atoms with Crippen LogP contribution in [-0.2, 0) is 23.0 Å². The lowest BCUT2D eigenvalue weighted by Crippen LogP contribution is -2.33. The van der Waals surface area contributed by atoms with Crippen molar-refractivity contribution in [3.05, 3.63) is 51.7 Å². The number of carboxylic acid groups (broad SMARTS) is 1. The molecular formula is C17H20N2O4S2. The van der Waals surface area contributed by atoms with Crippen molar-refractivity contribution in [1.82, 2.24) is 9.62 Å². The number of carboxylic acids is 1. The first-order valence-corrected chi connectivity index (χ1v) is 10.4. The summed E-state index contributed by atoms with van der Waals surface area (Å²) in [5, 5.41) is 10.2. The predicted molar refractivity (Wildman–Crippen MR) is 96.5 cm³/mol. The van der Waals surface area contributed by atoms with Crippen molar-refractivity contribution in [2.75, 3.05) is 19.6 Å². The van der Waals surface area contributed by atoms with Crippen LogP contribution < -0.4 is 4.72 Å². The number of aromatic carboxylic acids is 1. The van der Waals surface area contributed by atoms with Gasteiger partial charge in [0.25, 0.3) is 0 Å². The number of nitrogens with zero attached hydrogens (tertiary/aromatic N) is 1. The van der Waals surface area contributed by atoms with E-state index in [0.29, 0.717) is 13.0 Å². The minimum atomic E-state index is -3.65. The third-order valence-electron chi connectivity index (χ3n) is 4.25. The number of thiophene rings is 1. The number of hydrogen-bond acceptors (Lipinski definition) is 5. The van der Waals surface area contributed by atoms with E-state index in [1.165, 1.54) is 22.6 Å². The molecule has 1 aromatic heterocycles. The van der Waals surface area contributed by atoms with Crippen LogP contribution in [0.1, 0.15) is 27.2 Å². The highest BCUT2D eigenvalue weighted by atomic mass is 32.2. The first kappa shape index (κ1) is 18.1. The average molecular weight is 380 g/mol. The van der Waals surface area contributed by atoms with Crippen LogP contribution in [0.4, 0.5) is 0 Å². The maximum Gasteiger partial charge on any atom is 0.345 e. The van der Waals surface area contributed by atoms with E-state index >= 15 is 0 Å². The lowest BCUT2D eigenvalue weighted by Gasteiger charge is -2.28. The molecule has 0 unspecified atom stereocenters. The summed E-state index contributed by atoms with van der Waals surface area (Å²) in [6.45, 7) is 3.03. The molecule has 0 aliphatic carbocycles. The third kappa shape index (κ3) is 4.46. The van der Waals surface area contributed by atoms with Crippen molar-refractivity contribution in [1.29, 1.82) is 0 Å². The molecule has 0 bridgehead atoms. The Kier molecular flexibility index (Phi) is 5.53. The van der Waals surface area contributed by atoms with E-state index in [0.717, 1.165) is 37.4 Å². The zero-order chi connectivity index (χ0) is 17.9. The molecule has 0 spiro atoms. The molecule has 0 atom stereocenters. The van der Waals surface area contributed by atoms with E-state index in [1.54, 1.807) is 0 Å². The summed E-state index contributed by atoms with van der Waals surface area (Å²) >= 11 is 0.913. The van der Waals surface area contributed by atoms with Crippen LogP contribution in [0.15, 0.2) is 40.6 Å². The van der Waals surface area contributed by atoms with Gasteiger partial charge in [-0.15, -0.1) is 11.3 Å². The van der Waals surface area contributed by atoms with E-state index in [1.807, 2.05) is 6.07 Å². The Morgan fingerprint density at radius 2 is 2.04 bits per heavy atom. The molecule has 0 fully saturated rings. The number of benzene rings is 1. The summed E-state index contributed by atoms with van der Waals surface area (Å²) in [5.74, 6) is -1.11. The standard InChI is InChI=1S/C17H20N2O4S2/c20-17(21)16-10-15(12-24-16)25(22,23)18-7-3-8-19-9-6-13-4-1-2-5-14(13)11-19/h1-2,4-5,10,12,18H,3,6-9,11H2,(H,20,21). The topological polar surface area (TPSA) is 86.7 Å². The normalized spacial score (nSPS) is 15.0. The highest BCUT2D eigenvalue weighted by Gasteiger charge is 2.19. The fraction of sp³-hybridized carbons (Fsp3) is 0.353. The van der Waals surface area contributed by atoms with Crippen LogP contribution in [0.25, 0.3) is 0 Å². The molecule has 0 radical (unpaired) electrons. The molecule has 134 valence electrons. The van der Waals surface area contributed by atoms with Gasteiger partial charge < -0.3 is 5.11 Å². The maximum atomic E-state index is 12.2. The first-order chi connectivity index (χ1) is 12.0. The van der Waals surface area contributed by atoms with Gasteiger partial charge in [-0.1, -0.05) is 24.3 Å². The van der Waals surface area contributed by atoms with E-state index in [4.69, 9.17) is 5.11 Å². The van der Waals surface area contributed by atoms with E-state index in [-0.39, 0.29) is 9.77 Å². The maximum absolute atomic E-state index is 12.2. The summed E-state index contributed by atoms with van der Waals surface area (Å²) < 4.78 is 26.9. The SMILES string of the molecule is O=C(O)c1cc(S(=O)(=O)NCCCN2CCc3ccccc3C2)cs1. The van der Waals surface area contributed by atoms with E-state index < -0.39 is 16.0 Å². The fourth-order valence-electron chi connectivity index (χ4n) is 2.91. The van der Waals surface area contributed by atoms with Gasteiger partial charge in [-0.3, -0.25) is 4.90 Å². The van der Waals surface area contributed by atoms with Gasteiger partial charge in [-0.2, -0.15) is 0 Å². The van der Waals surface area contributed by atoms with Crippen LogP contribution in [0.5, 0.6) is 0 Å². The smallest absolute Gasteiger partial charge is 0.345 e. The minimum absolute atomic E-state index is 0.0156. The van der Waals surface area contributed by atoms with E-state index in [2.05, 4.69) is 27.8 Å². The predicted octanol–water partition coefficient (Wildman–Crippen LogP) is 2.17. The second kappa shape index (κ2) is 7.65. The first-order valence-electron chi connectivity index (χ1n) is 8.06. The largest absolute Gasteiger partial charge is 0.477 e. The van der Waals surface area contributed by atoms with Crippen molar-refractivity contribution in [3.63, 3.8) is 0 Å². The quantitative estimate of drug-likeness (QED) is 0.719. The molecule has 2 aromatic rings. The summed E-state index contributed by atoms with van der Waals surface area (Å²) in [5.41, 5.74) is 2.74. The summed E-state index contributed by atoms with van der Waals surface area (Å²) in [6.07, 6.45) is 1.73. The van der Waals surface area contributed by atoms with Gasteiger partial charge in [0.15, 0.2) is 0 Å². The number of sulfonamides is 1. The molecule has 6 nitrogen and oxygen atoms in total. The number of fused-ring (bicyclic) bond motifs is 1. The van der Waals surface area contributed by atoms with Gasteiger partial charge in [-0.25, -0.2) is 17.9 Å². The lowest BCUT2D eigenvalue weighted by atomic mass is 10.00. The number of nitrogens with one attached hydrogen (secondary N) is 1. The van der Waals surface area contributed by atoms with E-state index in [9.17, 15) is 13.2 Å². The number of rotatable bonds is 7. The summed E-state index contributed by atoms with van der Waals surface area (Å²) in [7, 11) is -3.65. The van der Waals surface area contributed by atoms with Crippen LogP contribution in [0.3, 0.4) is 0 Å². The Morgan fingerprint density at radius 3 is 2.76 bits per heavy atom. The Labute approximate surface area is 151 Å². The van der Waals surface area contributed by atoms with Crippen LogP contribution in [-0.4, -0.2) is 44.0 Å². The molecule has 2 N–H and O–H groups in total. The Balaban J connectivity index is 1.47. The minimum Gasteiger partial charge on any atom is -0.477 e. The van der Waals surface area contributed by atoms with Gasteiger partial charge in [0, 0.05) is 25.0 Å². The summed E-state index contributed by atoms with van der Waals surface area (Å²) in [6, 6.07) is 9.59. The molecule has 0 saturated heterocycles. The van der Waals surface area contributed by atoms with Gasteiger partial charge >= 0.3 is 5.97 Å². The molecular weight excluding hydrogens is 360 g/mol. The van der Waals surface area contributed by atoms with Crippen molar-refractivity contribution in [3.8, 4) is 0 Å². The van der Waals surface area contributed by atoms with Crippen molar-refractivity contribution < 1.29 is 18.3 Å². The average Bonchev–Trinajstić information content (AvgIpc) is 3.10. The molecule has 1 aliphatic heterocycles. The van der Waals surface area contributed by atoms with Gasteiger partial charge in [-0.05, 0) is 36.6 Å². The molecule has 1 aliphatic rings. The van der Waals surface area contributed by atoms with Crippen molar-refractivity contribution in [2.24, 2.45) is 0 Å². The Hall–Kier alpha value is -1.74. The molecule has 25 heavy (non-hydrogen) atoms. The van der Waals surface area contributed by atoms with Crippen LogP contribution in [0, 0.1) is 0 Å². The van der Waals surface area contributed by atoms with Crippen LogP contribution in [0.2, 0.25) is 0 Å². The number of hydrogen-bond donors (Lipinski definition) is 2. The van der Waals surface area contributed by atoms with Crippen molar-refractivity contribution >= 4 is 27.3 Å². The van der Waals surface area contributed by atoms with Gasteiger partial charge in [0.2, 0.25) is 10.0 Å². The molecule has 1 aromatic carbocycles. The Bertz CT molecular complexity index is 861. The monoisotopic (exact) mass is 380 g/mol. The lowest BCUT2D eigenvalue weighted by molar-refractivity contribution is 0.0702. The highest BCUT2D eigenvalue weighted by molar-refractivity contribution is 7.89. The number of carbonyl (C=O) groups is 1. The third-order valence-corrected chi connectivity index (χ3v) is 6.76. The second-order valence-corrected chi connectivity index (χ2v) is 8.68. The second-order valence-electron chi connectivity index (χ2n) is 6.00. The van der Waals surface area contributed by atoms with Crippen molar-refractivity contribution in [2.45, 2.75) is 24.3 Å². The summed E-state index contributed by atoms with van der Waals surface area (Å²) in [4.78, 5) is 13.2. The van der Waals surface area contributed by atoms with Gasteiger partial charge in [0.1, 0.15) is 4.88 Å². The van der Waals surface area contributed by atoms with Gasteiger partial charge in [0.05, 0.1) is 4.90 Å². The molecule has 2 heterocycles. The molecule has 0 saturated carbocycles. The fourth-order valence-corrected chi connectivity index (χ4v) is 5.09. The highest BCUT2D eigenvalue weighted by Crippen LogP contribution is 2.20. The Morgan fingerprint density at radius 1 is 1.28 bits per heavy atom. The molecule has 3 rings (SSSR count). The molecule has 8 heteroatoms. The molecule has 0 amide bonds.